The first-order valence-electron chi connectivity index (χ1n) is 0. The molecule has 8 N–H and O–H groups in total. The van der Waals surface area contributed by atoms with E-state index in [2.05, 4.69) is 0 Å². The van der Waals surface area contributed by atoms with E-state index < -0.39 is 0 Å². The maximum absolute atomic E-state index is 0. The molecule has 0 spiro atoms. The Kier molecular flexibility index (Phi) is 1400. The van der Waals surface area contributed by atoms with E-state index in [0.29, 0.717) is 0 Å². The predicted molar refractivity (Wildman–Crippen MR) is 14.5 cm³/mol. The Morgan fingerprint density at radius 2 is 0.429 bits per heavy atom. The van der Waals surface area contributed by atoms with Crippen LogP contribution in [0.2, 0.25) is 0 Å². The average molecular weight is 177 g/mol. The summed E-state index contributed by atoms with van der Waals surface area (Å²) in [5, 5.41) is 0. The fraction of sp³-hybridized carbons (Fsp3) is 0. The van der Waals surface area contributed by atoms with Crippen molar-refractivity contribution in [1.29, 1.82) is 0 Å². The fourth-order valence-corrected chi connectivity index (χ4v) is 0. The van der Waals surface area contributed by atoms with Gasteiger partial charge in [0, 0.05) is 0 Å². The molecule has 0 fully saturated rings. The van der Waals surface area contributed by atoms with Crippen LogP contribution in [0, 0.1) is 0 Å². The van der Waals surface area contributed by atoms with E-state index >= 15 is 0 Å². The zero-order valence-electron chi connectivity index (χ0n) is 4.32. The van der Waals surface area contributed by atoms with Gasteiger partial charge in [-0.3, -0.25) is 0 Å². The minimum Gasteiger partial charge on any atom is -0.412 e. The fourth-order valence-electron chi connectivity index (χ4n) is 0. The van der Waals surface area contributed by atoms with Gasteiger partial charge in [-0.1, -0.05) is 0 Å². The minimum absolute atomic E-state index is 0. The summed E-state index contributed by atoms with van der Waals surface area (Å²) < 4.78 is 0. The molecule has 0 aromatic heterocycles. The summed E-state index contributed by atoms with van der Waals surface area (Å²) in [6.07, 6.45) is 0. The first-order valence-corrected chi connectivity index (χ1v) is 0. The maximum Gasteiger partial charge on any atom is 2.00 e. The number of hydrogen-bond acceptors (Lipinski definition) is 0. The van der Waals surface area contributed by atoms with E-state index in [1.165, 1.54) is 0 Å². The summed E-state index contributed by atoms with van der Waals surface area (Å²) in [6, 6.07) is 0. The predicted octanol–water partition coefficient (Wildman–Crippen LogP) is -9.29. The van der Waals surface area contributed by atoms with Crippen LogP contribution in [0.3, 0.4) is 0 Å². The smallest absolute Gasteiger partial charge is 0.412 e. The van der Waals surface area contributed by atoms with Crippen LogP contribution >= 0.6 is 0 Å². The van der Waals surface area contributed by atoms with Crippen molar-refractivity contribution >= 4 is 0 Å². The molecule has 0 aromatic rings. The summed E-state index contributed by atoms with van der Waals surface area (Å²) in [5.74, 6) is 0. The summed E-state index contributed by atoms with van der Waals surface area (Å²) in [6.45, 7) is 0. The molecule has 0 heterocycles. The first-order chi connectivity index (χ1) is 0. The molecule has 0 aliphatic heterocycles. The van der Waals surface area contributed by atoms with E-state index in [1.54, 1.807) is 0 Å². The Morgan fingerprint density at radius 3 is 0.429 bits per heavy atom. The van der Waals surface area contributed by atoms with Gasteiger partial charge < -0.3 is 21.9 Å². The van der Waals surface area contributed by atoms with Crippen LogP contribution in [0.25, 0.3) is 0 Å². The van der Waals surface area contributed by atoms with Crippen molar-refractivity contribution in [2.75, 3.05) is 0 Å². The molecule has 0 saturated carbocycles. The van der Waals surface area contributed by atoms with Crippen molar-refractivity contribution in [3.8, 4) is 0 Å². The van der Waals surface area contributed by atoms with Crippen LogP contribution < -0.4 is 59.1 Å². The molecule has 7 heavy (non-hydrogen) atoms. The third-order valence-electron chi connectivity index (χ3n) is 0. The molecule has 0 bridgehead atoms. The van der Waals surface area contributed by atoms with E-state index in [1.807, 2.05) is 0 Å². The van der Waals surface area contributed by atoms with Crippen molar-refractivity contribution in [2.24, 2.45) is 0 Å². The van der Waals surface area contributed by atoms with Gasteiger partial charge in [0.15, 0.2) is 0 Å². The third-order valence-corrected chi connectivity index (χ3v) is 0. The van der Waals surface area contributed by atoms with Gasteiger partial charge in [-0.05, 0) is 0 Å². The minimum atomic E-state index is 0. The largest absolute Gasteiger partial charge is 2.00 e. The van der Waals surface area contributed by atoms with Crippen LogP contribution in [0.1, 0.15) is 0 Å². The molecule has 0 saturated heterocycles. The van der Waals surface area contributed by atoms with Gasteiger partial charge in [-0.25, -0.2) is 0 Å². The third kappa shape index (κ3) is 61.4. The molecule has 0 amide bonds. The normalized spacial score (nSPS) is 0. The molecular formula is H8Na2NiO4+4. The summed E-state index contributed by atoms with van der Waals surface area (Å²) >= 11 is 0. The van der Waals surface area contributed by atoms with Crippen LogP contribution in [0.4, 0.5) is 0 Å². The summed E-state index contributed by atoms with van der Waals surface area (Å²) in [5.41, 5.74) is 0. The van der Waals surface area contributed by atoms with Gasteiger partial charge in [0.1, 0.15) is 0 Å². The van der Waals surface area contributed by atoms with Crippen LogP contribution in [0.15, 0.2) is 0 Å². The van der Waals surface area contributed by atoms with Gasteiger partial charge >= 0.3 is 75.6 Å². The first kappa shape index (κ1) is 119. The van der Waals surface area contributed by atoms with Gasteiger partial charge in [0.2, 0.25) is 0 Å². The molecule has 0 radical (unpaired) electrons. The zero-order valence-corrected chi connectivity index (χ0v) is 9.30. The number of hydrogen-bond donors (Lipinski definition) is 0. The van der Waals surface area contributed by atoms with Gasteiger partial charge in [0.05, 0.1) is 0 Å². The Bertz CT molecular complexity index is 9.65. The molecule has 0 aromatic carbocycles. The van der Waals surface area contributed by atoms with E-state index in [0.717, 1.165) is 0 Å². The van der Waals surface area contributed by atoms with Crippen LogP contribution in [0.5, 0.6) is 0 Å². The topological polar surface area (TPSA) is 126 Å². The second-order valence-electron chi connectivity index (χ2n) is 0. The molecule has 0 rings (SSSR count). The second kappa shape index (κ2) is 82.3. The molecule has 40 valence electrons. The van der Waals surface area contributed by atoms with Crippen molar-refractivity contribution in [3.05, 3.63) is 0 Å². The molecule has 4 nitrogen and oxygen atoms in total. The molecular weight excluding hydrogens is 169 g/mol. The standard InChI is InChI=1S/2Na.Ni.4H2O/h;;;4*1H2/q2*+1;+2;;;;. The van der Waals surface area contributed by atoms with Crippen molar-refractivity contribution < 1.29 is 97.5 Å². The van der Waals surface area contributed by atoms with Crippen LogP contribution in [-0.4, -0.2) is 21.9 Å². The second-order valence-corrected chi connectivity index (χ2v) is 0. The van der Waals surface area contributed by atoms with Crippen molar-refractivity contribution in [1.82, 2.24) is 0 Å². The maximum atomic E-state index is 0. The van der Waals surface area contributed by atoms with Crippen molar-refractivity contribution in [2.45, 2.75) is 0 Å². The van der Waals surface area contributed by atoms with Gasteiger partial charge in [-0.2, -0.15) is 0 Å². The summed E-state index contributed by atoms with van der Waals surface area (Å²) in [7, 11) is 0. The van der Waals surface area contributed by atoms with E-state index in [4.69, 9.17) is 0 Å². The van der Waals surface area contributed by atoms with Crippen molar-refractivity contribution in [3.63, 3.8) is 0 Å². The monoisotopic (exact) mass is 176 g/mol. The number of rotatable bonds is 0. The quantitative estimate of drug-likeness (QED) is 0.325. The Morgan fingerprint density at radius 1 is 0.429 bits per heavy atom. The Hall–Kier alpha value is 2.33. The van der Waals surface area contributed by atoms with Gasteiger partial charge in [-0.15, -0.1) is 0 Å². The van der Waals surface area contributed by atoms with E-state index in [9.17, 15) is 0 Å². The SMILES string of the molecule is O.O.O.O.[Na+].[Na+].[Ni+2]. The average Bonchev–Trinajstić information content (AvgIpc) is 0. The zero-order chi connectivity index (χ0) is 0. The van der Waals surface area contributed by atoms with E-state index in [-0.39, 0.29) is 97.5 Å². The van der Waals surface area contributed by atoms with Crippen LogP contribution in [-0.2, 0) is 16.5 Å². The molecule has 0 aliphatic carbocycles. The molecule has 7 heteroatoms. The Labute approximate surface area is 96.2 Å². The van der Waals surface area contributed by atoms with Gasteiger partial charge in [0.25, 0.3) is 0 Å². The Balaban J connectivity index is 0. The molecule has 0 aliphatic rings. The molecule has 0 unspecified atom stereocenters. The summed E-state index contributed by atoms with van der Waals surface area (Å²) in [4.78, 5) is 0. The molecule has 0 atom stereocenters.